The molecule has 4 aromatic rings. The smallest absolute Gasteiger partial charge is 0.253 e. The van der Waals surface area contributed by atoms with Gasteiger partial charge in [-0.15, -0.1) is 0 Å². The van der Waals surface area contributed by atoms with Gasteiger partial charge in [0.25, 0.3) is 5.91 Å². The van der Waals surface area contributed by atoms with Crippen molar-refractivity contribution in [1.29, 1.82) is 0 Å². The molecule has 0 saturated heterocycles. The molecule has 5 nitrogen and oxygen atoms in total. The van der Waals surface area contributed by atoms with Gasteiger partial charge in [-0.2, -0.15) is 0 Å². The molecule has 0 atom stereocenters. The molecular formula is C25H23Cl2N3O2. The molecule has 0 radical (unpaired) electrons. The van der Waals surface area contributed by atoms with Crippen LogP contribution in [0.2, 0.25) is 10.0 Å². The van der Waals surface area contributed by atoms with E-state index in [1.165, 1.54) is 0 Å². The SMILES string of the molecule is Cc1cc(OCCn2c(CNC(=O)c3ccccc3Cl)nc3ccccc32)cc(C)c1Cl. The predicted octanol–water partition coefficient (Wildman–Crippen LogP) is 5.97. The number of nitrogens with zero attached hydrogens (tertiary/aromatic N) is 2. The molecule has 1 heterocycles. The van der Waals surface area contributed by atoms with Gasteiger partial charge >= 0.3 is 0 Å². The molecule has 0 spiro atoms. The number of aryl methyl sites for hydroxylation is 2. The fraction of sp³-hybridized carbons (Fsp3) is 0.200. The minimum Gasteiger partial charge on any atom is -0.492 e. The van der Waals surface area contributed by atoms with E-state index in [4.69, 9.17) is 32.9 Å². The molecule has 0 unspecified atom stereocenters. The number of halogens is 2. The third-order valence-electron chi connectivity index (χ3n) is 5.25. The number of carbonyl (C=O) groups is 1. The van der Waals surface area contributed by atoms with Gasteiger partial charge in [-0.25, -0.2) is 4.98 Å². The van der Waals surface area contributed by atoms with Crippen LogP contribution < -0.4 is 10.1 Å². The molecule has 0 bridgehead atoms. The molecule has 1 N–H and O–H groups in total. The molecule has 0 aliphatic rings. The third-order valence-corrected chi connectivity index (χ3v) is 6.18. The summed E-state index contributed by atoms with van der Waals surface area (Å²) in [5, 5.41) is 4.10. The second-order valence-corrected chi connectivity index (χ2v) is 8.34. The van der Waals surface area contributed by atoms with Crippen molar-refractivity contribution in [3.8, 4) is 5.75 Å². The summed E-state index contributed by atoms with van der Waals surface area (Å²) < 4.78 is 8.07. The van der Waals surface area contributed by atoms with Crippen molar-refractivity contribution in [2.75, 3.05) is 6.61 Å². The second kappa shape index (κ2) is 9.63. The second-order valence-electron chi connectivity index (χ2n) is 7.55. The molecule has 164 valence electrons. The lowest BCUT2D eigenvalue weighted by atomic mass is 10.1. The molecule has 1 amide bonds. The average molecular weight is 468 g/mol. The number of carbonyl (C=O) groups excluding carboxylic acids is 1. The number of hydrogen-bond acceptors (Lipinski definition) is 3. The van der Waals surface area contributed by atoms with Gasteiger partial charge in [-0.05, 0) is 61.4 Å². The Morgan fingerprint density at radius 2 is 1.72 bits per heavy atom. The van der Waals surface area contributed by atoms with Crippen LogP contribution >= 0.6 is 23.2 Å². The van der Waals surface area contributed by atoms with Crippen molar-refractivity contribution in [2.24, 2.45) is 0 Å². The lowest BCUT2D eigenvalue weighted by molar-refractivity contribution is 0.0949. The Morgan fingerprint density at radius 1 is 1.03 bits per heavy atom. The summed E-state index contributed by atoms with van der Waals surface area (Å²) in [5.74, 6) is 1.29. The van der Waals surface area contributed by atoms with Crippen LogP contribution in [-0.4, -0.2) is 22.1 Å². The Balaban J connectivity index is 1.50. The Bertz CT molecular complexity index is 1260. The van der Waals surface area contributed by atoms with E-state index in [-0.39, 0.29) is 12.5 Å². The fourth-order valence-electron chi connectivity index (χ4n) is 3.65. The lowest BCUT2D eigenvalue weighted by Gasteiger charge is -2.13. The summed E-state index contributed by atoms with van der Waals surface area (Å²) in [5.41, 5.74) is 4.26. The van der Waals surface area contributed by atoms with Gasteiger partial charge in [0.2, 0.25) is 0 Å². The van der Waals surface area contributed by atoms with E-state index in [0.29, 0.717) is 23.7 Å². The molecule has 4 rings (SSSR count). The van der Waals surface area contributed by atoms with Crippen LogP contribution in [0.25, 0.3) is 11.0 Å². The minimum atomic E-state index is -0.238. The first-order valence-electron chi connectivity index (χ1n) is 10.3. The minimum absolute atomic E-state index is 0.238. The largest absolute Gasteiger partial charge is 0.492 e. The molecule has 3 aromatic carbocycles. The Morgan fingerprint density at radius 3 is 2.47 bits per heavy atom. The monoisotopic (exact) mass is 467 g/mol. The lowest BCUT2D eigenvalue weighted by Crippen LogP contribution is -2.25. The van der Waals surface area contributed by atoms with Gasteiger partial charge in [-0.3, -0.25) is 4.79 Å². The highest BCUT2D eigenvalue weighted by molar-refractivity contribution is 6.33. The zero-order valence-electron chi connectivity index (χ0n) is 17.9. The van der Waals surface area contributed by atoms with Crippen molar-refractivity contribution in [3.63, 3.8) is 0 Å². The summed E-state index contributed by atoms with van der Waals surface area (Å²) in [6, 6.07) is 18.7. The maximum absolute atomic E-state index is 12.6. The van der Waals surface area contributed by atoms with Gasteiger partial charge < -0.3 is 14.6 Å². The van der Waals surface area contributed by atoms with E-state index < -0.39 is 0 Å². The maximum Gasteiger partial charge on any atom is 0.253 e. The van der Waals surface area contributed by atoms with Crippen LogP contribution in [0.5, 0.6) is 5.75 Å². The van der Waals surface area contributed by atoms with E-state index in [1.807, 2.05) is 50.2 Å². The van der Waals surface area contributed by atoms with Gasteiger partial charge in [0.05, 0.1) is 34.7 Å². The number of aromatic nitrogens is 2. The van der Waals surface area contributed by atoms with Crippen molar-refractivity contribution < 1.29 is 9.53 Å². The zero-order chi connectivity index (χ0) is 22.7. The van der Waals surface area contributed by atoms with E-state index in [9.17, 15) is 4.79 Å². The fourth-order valence-corrected chi connectivity index (χ4v) is 3.98. The molecule has 1 aromatic heterocycles. The number of imidazole rings is 1. The molecule has 32 heavy (non-hydrogen) atoms. The Hall–Kier alpha value is -3.02. The van der Waals surface area contributed by atoms with Crippen LogP contribution in [0, 0.1) is 13.8 Å². The van der Waals surface area contributed by atoms with Crippen LogP contribution in [0.3, 0.4) is 0 Å². The highest BCUT2D eigenvalue weighted by atomic mass is 35.5. The molecular weight excluding hydrogens is 445 g/mol. The number of nitrogens with one attached hydrogen (secondary N) is 1. The topological polar surface area (TPSA) is 56.1 Å². The van der Waals surface area contributed by atoms with Gasteiger partial charge in [0.15, 0.2) is 0 Å². The summed E-state index contributed by atoms with van der Waals surface area (Å²) in [6.45, 7) is 5.24. The number of para-hydroxylation sites is 2. The first kappa shape index (κ1) is 22.2. The van der Waals surface area contributed by atoms with Crippen molar-refractivity contribution in [3.05, 3.63) is 93.2 Å². The van der Waals surface area contributed by atoms with E-state index in [2.05, 4.69) is 9.88 Å². The van der Waals surface area contributed by atoms with Gasteiger partial charge in [0.1, 0.15) is 18.2 Å². The van der Waals surface area contributed by atoms with Gasteiger partial charge in [-0.1, -0.05) is 47.5 Å². The van der Waals surface area contributed by atoms with Crippen molar-refractivity contribution in [1.82, 2.24) is 14.9 Å². The molecule has 0 aliphatic carbocycles. The van der Waals surface area contributed by atoms with Crippen molar-refractivity contribution in [2.45, 2.75) is 26.9 Å². The first-order chi connectivity index (χ1) is 15.4. The first-order valence-corrected chi connectivity index (χ1v) is 11.1. The Kier molecular flexibility index (Phi) is 6.68. The summed E-state index contributed by atoms with van der Waals surface area (Å²) in [7, 11) is 0. The van der Waals surface area contributed by atoms with Crippen LogP contribution in [0.4, 0.5) is 0 Å². The quantitative estimate of drug-likeness (QED) is 0.364. The number of hydrogen-bond donors (Lipinski definition) is 1. The number of rotatable bonds is 7. The average Bonchev–Trinajstić information content (AvgIpc) is 3.13. The highest BCUT2D eigenvalue weighted by Gasteiger charge is 2.14. The molecule has 7 heteroatoms. The van der Waals surface area contributed by atoms with E-state index >= 15 is 0 Å². The molecule has 0 saturated carbocycles. The summed E-state index contributed by atoms with van der Waals surface area (Å²) in [6.07, 6.45) is 0. The van der Waals surface area contributed by atoms with Crippen LogP contribution in [0.15, 0.2) is 60.7 Å². The normalized spacial score (nSPS) is 11.0. The highest BCUT2D eigenvalue weighted by Crippen LogP contribution is 2.26. The van der Waals surface area contributed by atoms with E-state index in [0.717, 1.165) is 38.8 Å². The van der Waals surface area contributed by atoms with Crippen LogP contribution in [-0.2, 0) is 13.1 Å². The number of ether oxygens (including phenoxy) is 1. The van der Waals surface area contributed by atoms with Crippen LogP contribution in [0.1, 0.15) is 27.3 Å². The number of fused-ring (bicyclic) bond motifs is 1. The van der Waals surface area contributed by atoms with E-state index in [1.54, 1.807) is 24.3 Å². The van der Waals surface area contributed by atoms with Gasteiger partial charge in [0, 0.05) is 5.02 Å². The standard InChI is InChI=1S/C25H23Cl2N3O2/c1-16-13-18(14-17(2)24(16)27)32-12-11-30-22-10-6-5-9-21(22)29-23(30)15-28-25(31)19-7-3-4-8-20(19)26/h3-10,13-14H,11-12,15H2,1-2H3,(H,28,31). The third kappa shape index (κ3) is 4.74. The van der Waals surface area contributed by atoms with Crippen molar-refractivity contribution >= 4 is 40.1 Å². The molecule has 0 fully saturated rings. The predicted molar refractivity (Wildman–Crippen MR) is 129 cm³/mol. The number of benzene rings is 3. The summed E-state index contributed by atoms with van der Waals surface area (Å²) >= 11 is 12.4. The molecule has 0 aliphatic heterocycles. The summed E-state index contributed by atoms with van der Waals surface area (Å²) in [4.78, 5) is 17.3. The number of amides is 1. The Labute approximate surface area is 196 Å². The maximum atomic E-state index is 12.6. The zero-order valence-corrected chi connectivity index (χ0v) is 19.4.